The first-order valence-electron chi connectivity index (χ1n) is 5.17. The van der Waals surface area contributed by atoms with Gasteiger partial charge in [-0.25, -0.2) is 15.0 Å². The van der Waals surface area contributed by atoms with Crippen LogP contribution in [0.25, 0.3) is 11.5 Å². The third-order valence-electron chi connectivity index (χ3n) is 2.12. The first-order valence-corrected chi connectivity index (χ1v) is 5.17. The molecule has 6 heteroatoms. The monoisotopic (exact) mass is 241 g/mol. The van der Waals surface area contributed by atoms with Crippen LogP contribution < -0.4 is 5.32 Å². The molecule has 2 aliphatic heterocycles. The number of H-pyrrole nitrogens is 1. The summed E-state index contributed by atoms with van der Waals surface area (Å²) in [4.78, 5) is 16.1. The summed E-state index contributed by atoms with van der Waals surface area (Å²) < 4.78 is 0. The lowest BCUT2D eigenvalue weighted by Gasteiger charge is -2.02. The van der Waals surface area contributed by atoms with Gasteiger partial charge in [0.05, 0.1) is 6.20 Å². The van der Waals surface area contributed by atoms with Crippen LogP contribution in [0.2, 0.25) is 0 Å². The predicted molar refractivity (Wildman–Crippen MR) is 66.3 cm³/mol. The number of hydrogen-bond donors (Lipinski definition) is 2. The SMILES string of the molecule is CCNc1ncc2nc(C(C)C)nc-2[nH]1.Cl. The van der Waals surface area contributed by atoms with Crippen molar-refractivity contribution in [1.82, 2.24) is 19.9 Å². The van der Waals surface area contributed by atoms with Gasteiger partial charge in [-0.15, -0.1) is 12.4 Å². The molecule has 0 aromatic heterocycles. The van der Waals surface area contributed by atoms with Crippen LogP contribution in [-0.2, 0) is 0 Å². The van der Waals surface area contributed by atoms with Gasteiger partial charge in [0.2, 0.25) is 5.95 Å². The molecule has 0 saturated carbocycles. The van der Waals surface area contributed by atoms with Gasteiger partial charge in [0, 0.05) is 12.5 Å². The summed E-state index contributed by atoms with van der Waals surface area (Å²) in [6, 6.07) is 0. The number of aromatic nitrogens is 4. The molecule has 0 atom stereocenters. The lowest BCUT2D eigenvalue weighted by atomic mass is 10.2. The molecule has 2 N–H and O–H groups in total. The van der Waals surface area contributed by atoms with Gasteiger partial charge in [0.1, 0.15) is 11.5 Å². The van der Waals surface area contributed by atoms with E-state index in [9.17, 15) is 0 Å². The molecule has 16 heavy (non-hydrogen) atoms. The van der Waals surface area contributed by atoms with Crippen molar-refractivity contribution in [2.24, 2.45) is 0 Å². The van der Waals surface area contributed by atoms with Gasteiger partial charge >= 0.3 is 0 Å². The average Bonchev–Trinajstić information content (AvgIpc) is 2.61. The highest BCUT2D eigenvalue weighted by Gasteiger charge is 2.14. The zero-order valence-electron chi connectivity index (χ0n) is 9.61. The van der Waals surface area contributed by atoms with E-state index in [1.54, 1.807) is 6.20 Å². The van der Waals surface area contributed by atoms with Crippen LogP contribution >= 0.6 is 12.4 Å². The van der Waals surface area contributed by atoms with Crippen LogP contribution in [0.15, 0.2) is 6.20 Å². The molecule has 0 aromatic rings. The number of imidazole rings is 1. The van der Waals surface area contributed by atoms with Crippen LogP contribution in [0.5, 0.6) is 0 Å². The summed E-state index contributed by atoms with van der Waals surface area (Å²) in [5.74, 6) is 2.73. The molecule has 2 heterocycles. The van der Waals surface area contributed by atoms with Crippen LogP contribution in [-0.4, -0.2) is 26.5 Å². The van der Waals surface area contributed by atoms with Gasteiger partial charge in [-0.2, -0.15) is 0 Å². The minimum atomic E-state index is 0. The number of hydrogen-bond acceptors (Lipinski definition) is 4. The molecular weight excluding hydrogens is 226 g/mol. The van der Waals surface area contributed by atoms with E-state index in [1.807, 2.05) is 6.92 Å². The Bertz CT molecular complexity index is 425. The van der Waals surface area contributed by atoms with Crippen LogP contribution in [0.1, 0.15) is 32.5 Å². The van der Waals surface area contributed by atoms with E-state index >= 15 is 0 Å². The Kier molecular flexibility index (Phi) is 4.06. The zero-order chi connectivity index (χ0) is 10.8. The van der Waals surface area contributed by atoms with Gasteiger partial charge in [0.15, 0.2) is 5.82 Å². The van der Waals surface area contributed by atoms with Crippen LogP contribution in [0.3, 0.4) is 0 Å². The van der Waals surface area contributed by atoms with Crippen LogP contribution in [0, 0.1) is 0 Å². The van der Waals surface area contributed by atoms with Crippen molar-refractivity contribution >= 4 is 18.4 Å². The van der Waals surface area contributed by atoms with E-state index in [2.05, 4.69) is 39.1 Å². The first-order chi connectivity index (χ1) is 7.20. The molecule has 0 aliphatic carbocycles. The second-order valence-electron chi connectivity index (χ2n) is 3.73. The molecule has 0 aromatic carbocycles. The molecule has 88 valence electrons. The number of fused-ring (bicyclic) bond motifs is 1. The fraction of sp³-hybridized carbons (Fsp3) is 0.500. The standard InChI is InChI=1S/C10H15N5.ClH/c1-4-11-10-12-5-7-9(15-10)14-8(13-7)6(2)3;/h5-6H,4H2,1-3H3,(H2,11,12,13,14,15);1H. The van der Waals surface area contributed by atoms with Gasteiger partial charge in [-0.3, -0.25) is 0 Å². The molecule has 0 amide bonds. The van der Waals surface area contributed by atoms with Crippen molar-refractivity contribution in [2.45, 2.75) is 26.7 Å². The lowest BCUT2D eigenvalue weighted by Crippen LogP contribution is -2.02. The van der Waals surface area contributed by atoms with Crippen molar-refractivity contribution in [3.8, 4) is 11.5 Å². The van der Waals surface area contributed by atoms with Crippen molar-refractivity contribution in [3.63, 3.8) is 0 Å². The molecule has 0 fully saturated rings. The quantitative estimate of drug-likeness (QED) is 0.865. The lowest BCUT2D eigenvalue weighted by molar-refractivity contribution is 0.796. The molecule has 2 rings (SSSR count). The highest BCUT2D eigenvalue weighted by molar-refractivity contribution is 5.85. The Morgan fingerprint density at radius 3 is 2.75 bits per heavy atom. The fourth-order valence-corrected chi connectivity index (χ4v) is 1.34. The minimum absolute atomic E-state index is 0. The number of halogens is 1. The molecule has 5 nitrogen and oxygen atoms in total. The fourth-order valence-electron chi connectivity index (χ4n) is 1.34. The number of aromatic amines is 1. The van der Waals surface area contributed by atoms with E-state index in [-0.39, 0.29) is 12.4 Å². The Balaban J connectivity index is 0.00000128. The summed E-state index contributed by atoms with van der Waals surface area (Å²) in [6.45, 7) is 7.01. The van der Waals surface area contributed by atoms with E-state index in [0.717, 1.165) is 29.8 Å². The molecule has 2 aliphatic rings. The Morgan fingerprint density at radius 1 is 1.38 bits per heavy atom. The Hall–Kier alpha value is -1.36. The Morgan fingerprint density at radius 2 is 2.12 bits per heavy atom. The average molecular weight is 242 g/mol. The van der Waals surface area contributed by atoms with E-state index in [0.29, 0.717) is 5.92 Å². The summed E-state index contributed by atoms with van der Waals surface area (Å²) in [5, 5.41) is 3.10. The normalized spacial score (nSPS) is 10.5. The van der Waals surface area contributed by atoms with E-state index in [4.69, 9.17) is 0 Å². The summed E-state index contributed by atoms with van der Waals surface area (Å²) >= 11 is 0. The van der Waals surface area contributed by atoms with Gasteiger partial charge in [-0.05, 0) is 6.92 Å². The maximum absolute atomic E-state index is 4.41. The molecule has 0 radical (unpaired) electrons. The molecule has 0 saturated heterocycles. The predicted octanol–water partition coefficient (Wildman–Crippen LogP) is 2.28. The maximum atomic E-state index is 4.41. The van der Waals surface area contributed by atoms with Gasteiger partial charge in [0.25, 0.3) is 0 Å². The topological polar surface area (TPSA) is 66.5 Å². The first kappa shape index (κ1) is 12.7. The van der Waals surface area contributed by atoms with Gasteiger partial charge < -0.3 is 10.3 Å². The van der Waals surface area contributed by atoms with Crippen molar-refractivity contribution in [2.75, 3.05) is 11.9 Å². The largest absolute Gasteiger partial charge is 0.356 e. The maximum Gasteiger partial charge on any atom is 0.201 e. The highest BCUT2D eigenvalue weighted by atomic mass is 35.5. The third kappa shape index (κ3) is 2.41. The van der Waals surface area contributed by atoms with Crippen molar-refractivity contribution < 1.29 is 0 Å². The summed E-state index contributed by atoms with van der Waals surface area (Å²) in [7, 11) is 0. The summed E-state index contributed by atoms with van der Waals surface area (Å²) in [5.41, 5.74) is 0.820. The zero-order valence-corrected chi connectivity index (χ0v) is 10.4. The van der Waals surface area contributed by atoms with Crippen LogP contribution in [0.4, 0.5) is 5.95 Å². The van der Waals surface area contributed by atoms with E-state index < -0.39 is 0 Å². The summed E-state index contributed by atoms with van der Waals surface area (Å²) in [6.07, 6.45) is 1.74. The number of rotatable bonds is 3. The molecular formula is C10H16ClN5. The number of nitrogens with zero attached hydrogens (tertiary/aromatic N) is 3. The van der Waals surface area contributed by atoms with E-state index in [1.165, 1.54) is 0 Å². The second-order valence-corrected chi connectivity index (χ2v) is 3.73. The molecule has 0 unspecified atom stereocenters. The highest BCUT2D eigenvalue weighted by Crippen LogP contribution is 2.20. The minimum Gasteiger partial charge on any atom is -0.356 e. The number of nitrogens with one attached hydrogen (secondary N) is 2. The second kappa shape index (κ2) is 5.12. The smallest absolute Gasteiger partial charge is 0.201 e. The Labute approximate surface area is 101 Å². The van der Waals surface area contributed by atoms with Crippen molar-refractivity contribution in [1.29, 1.82) is 0 Å². The number of anilines is 1. The van der Waals surface area contributed by atoms with Gasteiger partial charge in [-0.1, -0.05) is 13.8 Å². The third-order valence-corrected chi connectivity index (χ3v) is 2.12. The van der Waals surface area contributed by atoms with Crippen molar-refractivity contribution in [3.05, 3.63) is 12.0 Å². The molecule has 0 bridgehead atoms. The molecule has 0 spiro atoms.